The number of ketones is 1. The third kappa shape index (κ3) is 4.07. The molecule has 0 saturated heterocycles. The molecule has 128 valence electrons. The molecule has 0 spiro atoms. The molecule has 0 heterocycles. The quantitative estimate of drug-likeness (QED) is 0.805. The normalized spacial score (nSPS) is 12.0. The molecular formula is C15H11ClF3NO3S. The molecule has 0 unspecified atom stereocenters. The number of nitrogens with one attached hydrogen (secondary N) is 1. The molecule has 0 saturated carbocycles. The number of hydrogen-bond acceptors (Lipinski definition) is 3. The summed E-state index contributed by atoms with van der Waals surface area (Å²) in [6.45, 7) is 1.35. The van der Waals surface area contributed by atoms with Crippen molar-refractivity contribution >= 4 is 33.1 Å². The highest BCUT2D eigenvalue weighted by Crippen LogP contribution is 2.33. The number of hydrogen-bond donors (Lipinski definition) is 1. The Kier molecular flexibility index (Phi) is 4.91. The predicted octanol–water partition coefficient (Wildman–Crippen LogP) is 4.36. The number of anilines is 1. The minimum Gasteiger partial charge on any atom is -0.295 e. The second-order valence-electron chi connectivity index (χ2n) is 4.88. The van der Waals surface area contributed by atoms with E-state index in [2.05, 4.69) is 4.72 Å². The smallest absolute Gasteiger partial charge is 0.295 e. The lowest BCUT2D eigenvalue weighted by Crippen LogP contribution is -2.15. The standard InChI is InChI=1S/C15H11ClF3NO3S/c1-9(21)10-2-5-12(6-3-10)20-24(22,23)14-8-11(15(17,18)19)4-7-13(14)16/h2-8,20H,1H3. The summed E-state index contributed by atoms with van der Waals surface area (Å²) >= 11 is 5.73. The Labute approximate surface area is 141 Å². The van der Waals surface area contributed by atoms with Gasteiger partial charge in [-0.3, -0.25) is 9.52 Å². The molecular weight excluding hydrogens is 367 g/mol. The molecule has 2 rings (SSSR count). The van der Waals surface area contributed by atoms with E-state index in [9.17, 15) is 26.4 Å². The van der Waals surface area contributed by atoms with Gasteiger partial charge in [-0.05, 0) is 49.4 Å². The van der Waals surface area contributed by atoms with Crippen molar-refractivity contribution in [2.45, 2.75) is 18.0 Å². The van der Waals surface area contributed by atoms with Crippen LogP contribution in [0.1, 0.15) is 22.8 Å². The van der Waals surface area contributed by atoms with Crippen molar-refractivity contribution in [1.29, 1.82) is 0 Å². The van der Waals surface area contributed by atoms with Crippen molar-refractivity contribution in [1.82, 2.24) is 0 Å². The Hall–Kier alpha value is -2.06. The van der Waals surface area contributed by atoms with Crippen molar-refractivity contribution in [3.05, 3.63) is 58.6 Å². The van der Waals surface area contributed by atoms with E-state index >= 15 is 0 Å². The van der Waals surface area contributed by atoms with Crippen molar-refractivity contribution in [3.8, 4) is 0 Å². The lowest BCUT2D eigenvalue weighted by atomic mass is 10.1. The van der Waals surface area contributed by atoms with Crippen LogP contribution in [-0.2, 0) is 16.2 Å². The average Bonchev–Trinajstić information content (AvgIpc) is 2.46. The minimum absolute atomic E-state index is 0.0912. The van der Waals surface area contributed by atoms with Gasteiger partial charge < -0.3 is 0 Å². The zero-order chi connectivity index (χ0) is 18.1. The molecule has 24 heavy (non-hydrogen) atoms. The largest absolute Gasteiger partial charge is 0.416 e. The minimum atomic E-state index is -4.70. The molecule has 9 heteroatoms. The SMILES string of the molecule is CC(=O)c1ccc(NS(=O)(=O)c2cc(C(F)(F)F)ccc2Cl)cc1. The fraction of sp³-hybridized carbons (Fsp3) is 0.133. The summed E-state index contributed by atoms with van der Waals surface area (Å²) in [5.74, 6) is -0.203. The van der Waals surface area contributed by atoms with E-state index in [0.29, 0.717) is 17.7 Å². The number of sulfonamides is 1. The fourth-order valence-corrected chi connectivity index (χ4v) is 3.45. The molecule has 0 aliphatic rings. The number of carbonyl (C=O) groups excluding carboxylic acids is 1. The lowest BCUT2D eigenvalue weighted by Gasteiger charge is -2.12. The first kappa shape index (κ1) is 18.3. The number of rotatable bonds is 4. The molecule has 0 aliphatic heterocycles. The first-order chi connectivity index (χ1) is 11.0. The van der Waals surface area contributed by atoms with Gasteiger partial charge in [0, 0.05) is 11.3 Å². The summed E-state index contributed by atoms with van der Waals surface area (Å²) in [6, 6.07) is 7.49. The number of halogens is 4. The van der Waals surface area contributed by atoms with Gasteiger partial charge in [0.05, 0.1) is 10.6 Å². The Morgan fingerprint density at radius 1 is 1.08 bits per heavy atom. The van der Waals surface area contributed by atoms with Crippen molar-refractivity contribution in [2.24, 2.45) is 0 Å². The van der Waals surface area contributed by atoms with E-state index in [1.165, 1.54) is 31.2 Å². The average molecular weight is 378 g/mol. The summed E-state index contributed by atoms with van der Waals surface area (Å²) in [7, 11) is -4.33. The summed E-state index contributed by atoms with van der Waals surface area (Å²) in [6.07, 6.45) is -4.70. The van der Waals surface area contributed by atoms with Crippen molar-refractivity contribution in [2.75, 3.05) is 4.72 Å². The van der Waals surface area contributed by atoms with Crippen LogP contribution in [0.5, 0.6) is 0 Å². The van der Waals surface area contributed by atoms with E-state index in [-0.39, 0.29) is 16.5 Å². The number of carbonyl (C=O) groups is 1. The molecule has 0 bridgehead atoms. The van der Waals surface area contributed by atoms with Gasteiger partial charge in [0.25, 0.3) is 10.0 Å². The third-order valence-corrected chi connectivity index (χ3v) is 4.95. The van der Waals surface area contributed by atoms with Crippen LogP contribution in [-0.4, -0.2) is 14.2 Å². The second-order valence-corrected chi connectivity index (χ2v) is 6.94. The van der Waals surface area contributed by atoms with Crippen molar-refractivity contribution < 1.29 is 26.4 Å². The fourth-order valence-electron chi connectivity index (χ4n) is 1.87. The lowest BCUT2D eigenvalue weighted by molar-refractivity contribution is -0.137. The van der Waals surface area contributed by atoms with E-state index in [1.807, 2.05) is 0 Å². The van der Waals surface area contributed by atoms with Crippen LogP contribution in [0.4, 0.5) is 18.9 Å². The second kappa shape index (κ2) is 6.45. The van der Waals surface area contributed by atoms with Gasteiger partial charge in [-0.15, -0.1) is 0 Å². The zero-order valence-corrected chi connectivity index (χ0v) is 13.8. The molecule has 0 aromatic heterocycles. The Balaban J connectivity index is 2.38. The number of alkyl halides is 3. The van der Waals surface area contributed by atoms with Crippen LogP contribution >= 0.6 is 11.6 Å². The topological polar surface area (TPSA) is 63.2 Å². The van der Waals surface area contributed by atoms with Crippen LogP contribution in [0.3, 0.4) is 0 Å². The van der Waals surface area contributed by atoms with Crippen LogP contribution in [0.25, 0.3) is 0 Å². The summed E-state index contributed by atoms with van der Waals surface area (Å²) in [4.78, 5) is 10.5. The van der Waals surface area contributed by atoms with E-state index < -0.39 is 26.7 Å². The highest BCUT2D eigenvalue weighted by atomic mass is 35.5. The molecule has 1 N–H and O–H groups in total. The highest BCUT2D eigenvalue weighted by Gasteiger charge is 2.32. The van der Waals surface area contributed by atoms with Gasteiger partial charge in [-0.1, -0.05) is 11.6 Å². The zero-order valence-electron chi connectivity index (χ0n) is 12.2. The monoisotopic (exact) mass is 377 g/mol. The maximum atomic E-state index is 12.7. The Morgan fingerprint density at radius 2 is 1.67 bits per heavy atom. The maximum absolute atomic E-state index is 12.7. The first-order valence-electron chi connectivity index (χ1n) is 6.51. The van der Waals surface area contributed by atoms with Gasteiger partial charge in [0.2, 0.25) is 0 Å². The molecule has 0 aliphatic carbocycles. The summed E-state index contributed by atoms with van der Waals surface area (Å²) in [5.41, 5.74) is -0.664. The van der Waals surface area contributed by atoms with Crippen LogP contribution in [0.2, 0.25) is 5.02 Å². The van der Waals surface area contributed by atoms with Crippen molar-refractivity contribution in [3.63, 3.8) is 0 Å². The Bertz CT molecular complexity index is 878. The van der Waals surface area contributed by atoms with E-state index in [1.54, 1.807) is 0 Å². The van der Waals surface area contributed by atoms with Crippen LogP contribution < -0.4 is 4.72 Å². The Morgan fingerprint density at radius 3 is 2.17 bits per heavy atom. The molecule has 0 radical (unpaired) electrons. The summed E-state index contributed by atoms with van der Waals surface area (Å²) in [5, 5.41) is -0.337. The molecule has 4 nitrogen and oxygen atoms in total. The molecule has 2 aromatic carbocycles. The number of Topliss-reactive ketones (excluding diaryl/α,β-unsaturated/α-hetero) is 1. The van der Waals surface area contributed by atoms with Crippen LogP contribution in [0, 0.1) is 0 Å². The summed E-state index contributed by atoms with van der Waals surface area (Å²) < 4.78 is 64.9. The number of benzene rings is 2. The molecule has 2 aromatic rings. The van der Waals surface area contributed by atoms with E-state index in [0.717, 1.165) is 6.07 Å². The maximum Gasteiger partial charge on any atom is 0.416 e. The predicted molar refractivity (Wildman–Crippen MR) is 83.7 cm³/mol. The van der Waals surface area contributed by atoms with E-state index in [4.69, 9.17) is 11.6 Å². The third-order valence-electron chi connectivity index (χ3n) is 3.09. The first-order valence-corrected chi connectivity index (χ1v) is 8.37. The van der Waals surface area contributed by atoms with Gasteiger partial charge in [-0.25, -0.2) is 8.42 Å². The van der Waals surface area contributed by atoms with Gasteiger partial charge in [0.1, 0.15) is 4.90 Å². The molecule has 0 amide bonds. The van der Waals surface area contributed by atoms with Gasteiger partial charge in [-0.2, -0.15) is 13.2 Å². The van der Waals surface area contributed by atoms with Gasteiger partial charge >= 0.3 is 6.18 Å². The van der Waals surface area contributed by atoms with Gasteiger partial charge in [0.15, 0.2) is 5.78 Å². The van der Waals surface area contributed by atoms with Crippen LogP contribution in [0.15, 0.2) is 47.4 Å². The molecule has 0 fully saturated rings. The molecule has 0 atom stereocenters. The highest BCUT2D eigenvalue weighted by molar-refractivity contribution is 7.92.